The molecule has 0 saturated carbocycles. The smallest absolute Gasteiger partial charge is 0.148 e. The first-order valence-corrected chi connectivity index (χ1v) is 5.47. The third-order valence-electron chi connectivity index (χ3n) is 1.46. The Kier molecular flexibility index (Phi) is 1.98. The fraction of sp³-hybridized carbons (Fsp3) is 0.286. The average Bonchev–Trinajstić information content (AvgIpc) is 2.44. The van der Waals surface area contributed by atoms with Crippen molar-refractivity contribution >= 4 is 33.4 Å². The number of nitrogens with zero attached hydrogens (tertiary/aromatic N) is 3. The lowest BCUT2D eigenvalue weighted by Crippen LogP contribution is -1.82. The normalized spacial score (nSPS) is 10.8. The van der Waals surface area contributed by atoms with Gasteiger partial charge in [0.2, 0.25) is 0 Å². The van der Waals surface area contributed by atoms with Gasteiger partial charge in [-0.1, -0.05) is 11.3 Å². The van der Waals surface area contributed by atoms with Crippen molar-refractivity contribution in [3.63, 3.8) is 0 Å². The molecule has 0 aliphatic carbocycles. The van der Waals surface area contributed by atoms with Gasteiger partial charge in [0.1, 0.15) is 21.7 Å². The van der Waals surface area contributed by atoms with Crippen molar-refractivity contribution in [2.75, 3.05) is 6.26 Å². The minimum absolute atomic E-state index is 0.938. The molecule has 0 saturated heterocycles. The highest BCUT2D eigenvalue weighted by Crippen LogP contribution is 2.25. The predicted octanol–water partition coefficient (Wildman–Crippen LogP) is 2.12. The molecule has 0 aromatic carbocycles. The molecule has 0 spiro atoms. The van der Waals surface area contributed by atoms with Crippen LogP contribution in [0.4, 0.5) is 0 Å². The van der Waals surface area contributed by atoms with Crippen LogP contribution in [0.2, 0.25) is 0 Å². The molecule has 0 atom stereocenters. The summed E-state index contributed by atoms with van der Waals surface area (Å²) in [5.41, 5.74) is 0.938. The van der Waals surface area contributed by atoms with Gasteiger partial charge < -0.3 is 0 Å². The molecule has 0 N–H and O–H groups in total. The lowest BCUT2D eigenvalue weighted by molar-refractivity contribution is 1.09. The van der Waals surface area contributed by atoms with Crippen molar-refractivity contribution < 1.29 is 0 Å². The minimum atomic E-state index is 0.938. The third-order valence-corrected chi connectivity index (χ3v) is 3.03. The molecule has 12 heavy (non-hydrogen) atoms. The van der Waals surface area contributed by atoms with Crippen LogP contribution in [-0.2, 0) is 0 Å². The molecule has 0 bridgehead atoms. The lowest BCUT2D eigenvalue weighted by atomic mass is 10.6. The number of aryl methyl sites for hydroxylation is 1. The lowest BCUT2D eigenvalue weighted by Gasteiger charge is -1.92. The summed E-state index contributed by atoms with van der Waals surface area (Å²) in [6, 6.07) is 0. The molecule has 5 heteroatoms. The Morgan fingerprint density at radius 1 is 1.42 bits per heavy atom. The van der Waals surface area contributed by atoms with Gasteiger partial charge in [0.15, 0.2) is 0 Å². The van der Waals surface area contributed by atoms with Crippen LogP contribution in [0.5, 0.6) is 0 Å². The summed E-state index contributed by atoms with van der Waals surface area (Å²) in [5.74, 6) is 0. The zero-order chi connectivity index (χ0) is 8.55. The maximum absolute atomic E-state index is 4.36. The standard InChI is InChI=1S/C7H7N3S2/c1-4-10-5-6(11-2)8-3-9-7(5)12-4/h3H,1-2H3. The van der Waals surface area contributed by atoms with Crippen molar-refractivity contribution in [1.82, 2.24) is 15.0 Å². The van der Waals surface area contributed by atoms with E-state index in [0.717, 1.165) is 20.4 Å². The molecule has 2 heterocycles. The highest BCUT2D eigenvalue weighted by atomic mass is 32.2. The van der Waals surface area contributed by atoms with E-state index in [0.29, 0.717) is 0 Å². The van der Waals surface area contributed by atoms with Gasteiger partial charge in [0.05, 0.1) is 5.01 Å². The van der Waals surface area contributed by atoms with Crippen LogP contribution in [0, 0.1) is 6.92 Å². The SMILES string of the molecule is CSc1ncnc2sc(C)nc12. The first kappa shape index (κ1) is 7.94. The molecule has 0 fully saturated rings. The summed E-state index contributed by atoms with van der Waals surface area (Å²) < 4.78 is 0. The van der Waals surface area contributed by atoms with Crippen LogP contribution in [0.1, 0.15) is 5.01 Å². The molecular formula is C7H7N3S2. The van der Waals surface area contributed by atoms with E-state index in [1.165, 1.54) is 0 Å². The van der Waals surface area contributed by atoms with Crippen molar-refractivity contribution in [2.24, 2.45) is 0 Å². The molecular weight excluding hydrogens is 190 g/mol. The number of hydrogen-bond acceptors (Lipinski definition) is 5. The summed E-state index contributed by atoms with van der Waals surface area (Å²) in [7, 11) is 0. The van der Waals surface area contributed by atoms with Gasteiger partial charge in [0.25, 0.3) is 0 Å². The van der Waals surface area contributed by atoms with Gasteiger partial charge in [-0.15, -0.1) is 11.8 Å². The van der Waals surface area contributed by atoms with Gasteiger partial charge >= 0.3 is 0 Å². The zero-order valence-corrected chi connectivity index (χ0v) is 8.37. The third kappa shape index (κ3) is 1.19. The van der Waals surface area contributed by atoms with E-state index in [9.17, 15) is 0 Å². The van der Waals surface area contributed by atoms with Gasteiger partial charge in [-0.25, -0.2) is 15.0 Å². The monoisotopic (exact) mass is 197 g/mol. The van der Waals surface area contributed by atoms with E-state index in [1.807, 2.05) is 13.2 Å². The Hall–Kier alpha value is -0.680. The largest absolute Gasteiger partial charge is 0.237 e. The van der Waals surface area contributed by atoms with Gasteiger partial charge in [-0.2, -0.15) is 0 Å². The van der Waals surface area contributed by atoms with Crippen LogP contribution in [0.25, 0.3) is 10.3 Å². The fourth-order valence-corrected chi connectivity index (χ4v) is 2.30. The summed E-state index contributed by atoms with van der Waals surface area (Å²) in [6.45, 7) is 1.98. The van der Waals surface area contributed by atoms with Gasteiger partial charge in [0, 0.05) is 0 Å². The average molecular weight is 197 g/mol. The second-order valence-electron chi connectivity index (χ2n) is 2.27. The number of hydrogen-bond donors (Lipinski definition) is 0. The van der Waals surface area contributed by atoms with E-state index in [4.69, 9.17) is 0 Å². The number of aromatic nitrogens is 3. The highest BCUT2D eigenvalue weighted by molar-refractivity contribution is 7.98. The second kappa shape index (κ2) is 2.99. The Labute approximate surface area is 78.3 Å². The summed E-state index contributed by atoms with van der Waals surface area (Å²) in [6.07, 6.45) is 3.59. The van der Waals surface area contributed by atoms with E-state index >= 15 is 0 Å². The minimum Gasteiger partial charge on any atom is -0.237 e. The molecule has 0 unspecified atom stereocenters. The van der Waals surface area contributed by atoms with E-state index in [-0.39, 0.29) is 0 Å². The van der Waals surface area contributed by atoms with Crippen molar-refractivity contribution in [3.8, 4) is 0 Å². The highest BCUT2D eigenvalue weighted by Gasteiger charge is 2.06. The Morgan fingerprint density at radius 2 is 2.25 bits per heavy atom. The number of rotatable bonds is 1. The van der Waals surface area contributed by atoms with E-state index in [2.05, 4.69) is 15.0 Å². The van der Waals surface area contributed by atoms with Crippen LogP contribution in [0.3, 0.4) is 0 Å². The molecule has 2 aromatic rings. The van der Waals surface area contributed by atoms with E-state index in [1.54, 1.807) is 29.4 Å². The summed E-state index contributed by atoms with van der Waals surface area (Å²) in [4.78, 5) is 13.6. The summed E-state index contributed by atoms with van der Waals surface area (Å²) in [5, 5.41) is 2.00. The van der Waals surface area contributed by atoms with Crippen LogP contribution in [0.15, 0.2) is 11.4 Å². The molecule has 0 amide bonds. The Bertz CT molecular complexity index is 410. The van der Waals surface area contributed by atoms with Crippen LogP contribution in [-0.4, -0.2) is 21.2 Å². The first-order chi connectivity index (χ1) is 5.81. The Balaban J connectivity index is 2.78. The van der Waals surface area contributed by atoms with Gasteiger partial charge in [-0.05, 0) is 13.2 Å². The van der Waals surface area contributed by atoms with Crippen LogP contribution < -0.4 is 0 Å². The number of thiazole rings is 1. The second-order valence-corrected chi connectivity index (χ2v) is 4.25. The molecule has 2 aromatic heterocycles. The van der Waals surface area contributed by atoms with Crippen molar-refractivity contribution in [2.45, 2.75) is 11.9 Å². The Morgan fingerprint density at radius 3 is 3.00 bits per heavy atom. The topological polar surface area (TPSA) is 38.7 Å². The predicted molar refractivity (Wildman–Crippen MR) is 51.7 cm³/mol. The van der Waals surface area contributed by atoms with Crippen molar-refractivity contribution in [3.05, 3.63) is 11.3 Å². The quantitative estimate of drug-likeness (QED) is 0.518. The zero-order valence-electron chi connectivity index (χ0n) is 6.74. The molecule has 0 radical (unpaired) electrons. The molecule has 62 valence electrons. The maximum atomic E-state index is 4.36. The first-order valence-electron chi connectivity index (χ1n) is 3.43. The van der Waals surface area contributed by atoms with Crippen LogP contribution >= 0.6 is 23.1 Å². The molecule has 0 aliphatic rings. The number of thioether (sulfide) groups is 1. The molecule has 0 aliphatic heterocycles. The van der Waals surface area contributed by atoms with Gasteiger partial charge in [-0.3, -0.25) is 0 Å². The fourth-order valence-electron chi connectivity index (χ4n) is 0.987. The molecule has 2 rings (SSSR count). The number of fused-ring (bicyclic) bond motifs is 1. The molecule has 3 nitrogen and oxygen atoms in total. The summed E-state index contributed by atoms with van der Waals surface area (Å²) >= 11 is 3.21. The maximum Gasteiger partial charge on any atom is 0.148 e. The van der Waals surface area contributed by atoms with Crippen molar-refractivity contribution in [1.29, 1.82) is 0 Å². The van der Waals surface area contributed by atoms with E-state index < -0.39 is 0 Å².